The van der Waals surface area contributed by atoms with Crippen LogP contribution < -0.4 is 10.5 Å². The lowest BCUT2D eigenvalue weighted by molar-refractivity contribution is 0.283. The van der Waals surface area contributed by atoms with Crippen molar-refractivity contribution in [2.45, 2.75) is 24.2 Å². The number of nitrogens with one attached hydrogen (secondary N) is 1. The van der Waals surface area contributed by atoms with E-state index in [0.717, 1.165) is 6.42 Å². The standard InChI is InChI=1S/C11H16Br2N2O3S/c12-8-6-9(13)11(10(14)7-8)19(17,18)15-4-2-1-3-5-16/h6-7,15-16H,1-5,14H2. The summed E-state index contributed by atoms with van der Waals surface area (Å²) in [6.45, 7) is 0.447. The minimum atomic E-state index is -3.63. The van der Waals surface area contributed by atoms with Crippen molar-refractivity contribution in [3.8, 4) is 0 Å². The lowest BCUT2D eigenvalue weighted by atomic mass is 10.2. The van der Waals surface area contributed by atoms with E-state index in [4.69, 9.17) is 10.8 Å². The summed E-state index contributed by atoms with van der Waals surface area (Å²) in [6, 6.07) is 3.18. The zero-order chi connectivity index (χ0) is 14.5. The third-order valence-corrected chi connectivity index (χ3v) is 5.36. The fourth-order valence-electron chi connectivity index (χ4n) is 1.56. The van der Waals surface area contributed by atoms with Gasteiger partial charge in [-0.3, -0.25) is 0 Å². The fourth-order valence-corrected chi connectivity index (χ4v) is 4.70. The number of unbranched alkanes of at least 4 members (excludes halogenated alkanes) is 2. The molecular weight excluding hydrogens is 400 g/mol. The van der Waals surface area contributed by atoms with Gasteiger partial charge in [0.15, 0.2) is 0 Å². The van der Waals surface area contributed by atoms with Gasteiger partial charge in [0.1, 0.15) is 4.90 Å². The van der Waals surface area contributed by atoms with Crippen molar-refractivity contribution in [1.29, 1.82) is 0 Å². The van der Waals surface area contributed by atoms with Crippen molar-refractivity contribution in [3.05, 3.63) is 21.1 Å². The molecule has 5 nitrogen and oxygen atoms in total. The van der Waals surface area contributed by atoms with Gasteiger partial charge in [0.25, 0.3) is 0 Å². The van der Waals surface area contributed by atoms with E-state index in [1.165, 1.54) is 0 Å². The molecule has 0 fully saturated rings. The Kier molecular flexibility index (Phi) is 6.75. The lowest BCUT2D eigenvalue weighted by Crippen LogP contribution is -2.26. The molecule has 0 spiro atoms. The van der Waals surface area contributed by atoms with Crippen molar-refractivity contribution in [2.24, 2.45) is 0 Å². The summed E-state index contributed by atoms with van der Waals surface area (Å²) in [5.41, 5.74) is 5.93. The van der Waals surface area contributed by atoms with E-state index >= 15 is 0 Å². The minimum Gasteiger partial charge on any atom is -0.398 e. The molecule has 0 saturated carbocycles. The van der Waals surface area contributed by atoms with Crippen LogP contribution in [0.15, 0.2) is 26.0 Å². The van der Waals surface area contributed by atoms with Crippen molar-refractivity contribution in [3.63, 3.8) is 0 Å². The molecule has 1 aromatic rings. The highest BCUT2D eigenvalue weighted by molar-refractivity contribution is 9.11. The summed E-state index contributed by atoms with van der Waals surface area (Å²) < 4.78 is 27.9. The van der Waals surface area contributed by atoms with Gasteiger partial charge in [-0.25, -0.2) is 13.1 Å². The van der Waals surface area contributed by atoms with Gasteiger partial charge in [0, 0.05) is 22.1 Å². The fraction of sp³-hybridized carbons (Fsp3) is 0.455. The molecule has 1 rings (SSSR count). The van der Waals surface area contributed by atoms with Gasteiger partial charge in [-0.05, 0) is 47.3 Å². The molecule has 19 heavy (non-hydrogen) atoms. The van der Waals surface area contributed by atoms with Crippen molar-refractivity contribution >= 4 is 47.6 Å². The first-order valence-electron chi connectivity index (χ1n) is 5.73. The molecule has 0 aromatic heterocycles. The number of sulfonamides is 1. The Balaban J connectivity index is 2.78. The molecule has 0 aliphatic carbocycles. The number of halogens is 2. The van der Waals surface area contributed by atoms with E-state index in [-0.39, 0.29) is 17.2 Å². The largest absolute Gasteiger partial charge is 0.398 e. The summed E-state index contributed by atoms with van der Waals surface area (Å²) in [5.74, 6) is 0. The van der Waals surface area contributed by atoms with E-state index in [9.17, 15) is 8.42 Å². The quantitative estimate of drug-likeness (QED) is 0.470. The number of hydrogen-bond donors (Lipinski definition) is 3. The van der Waals surface area contributed by atoms with Crippen LogP contribution in [0, 0.1) is 0 Å². The number of rotatable bonds is 7. The maximum absolute atomic E-state index is 12.1. The van der Waals surface area contributed by atoms with Crippen LogP contribution in [0.2, 0.25) is 0 Å². The third-order valence-electron chi connectivity index (χ3n) is 2.43. The van der Waals surface area contributed by atoms with Gasteiger partial charge in [0.05, 0.1) is 5.69 Å². The number of nitrogens with two attached hydrogens (primary N) is 1. The first-order chi connectivity index (χ1) is 8.88. The molecule has 0 amide bonds. The molecule has 0 aliphatic rings. The third kappa shape index (κ3) is 5.03. The number of aliphatic hydroxyl groups is 1. The zero-order valence-corrected chi connectivity index (χ0v) is 14.2. The SMILES string of the molecule is Nc1cc(Br)cc(Br)c1S(=O)(=O)NCCCCCO. The Morgan fingerprint density at radius 1 is 1.21 bits per heavy atom. The second-order valence-electron chi connectivity index (χ2n) is 3.99. The summed E-state index contributed by atoms with van der Waals surface area (Å²) >= 11 is 6.45. The molecule has 0 bridgehead atoms. The van der Waals surface area contributed by atoms with Crippen molar-refractivity contribution < 1.29 is 13.5 Å². The molecule has 8 heteroatoms. The normalized spacial score (nSPS) is 11.7. The molecule has 0 atom stereocenters. The van der Waals surface area contributed by atoms with Crippen LogP contribution in [-0.4, -0.2) is 26.7 Å². The first kappa shape index (κ1) is 16.9. The molecule has 0 heterocycles. The van der Waals surface area contributed by atoms with Crippen LogP contribution in [0.3, 0.4) is 0 Å². The molecule has 0 saturated heterocycles. The molecule has 0 aliphatic heterocycles. The van der Waals surface area contributed by atoms with Crippen LogP contribution in [0.5, 0.6) is 0 Å². The van der Waals surface area contributed by atoms with Gasteiger partial charge in [-0.15, -0.1) is 0 Å². The van der Waals surface area contributed by atoms with Crippen LogP contribution in [-0.2, 0) is 10.0 Å². The van der Waals surface area contributed by atoms with Crippen molar-refractivity contribution in [2.75, 3.05) is 18.9 Å². The average molecular weight is 416 g/mol. The Morgan fingerprint density at radius 3 is 2.47 bits per heavy atom. The van der Waals surface area contributed by atoms with Gasteiger partial charge in [-0.1, -0.05) is 15.9 Å². The molecule has 108 valence electrons. The second-order valence-corrected chi connectivity index (χ2v) is 7.46. The minimum absolute atomic E-state index is 0.0536. The van der Waals surface area contributed by atoms with Gasteiger partial charge in [0.2, 0.25) is 10.0 Å². The van der Waals surface area contributed by atoms with Gasteiger partial charge in [-0.2, -0.15) is 0 Å². The second kappa shape index (κ2) is 7.58. The highest BCUT2D eigenvalue weighted by Gasteiger charge is 2.20. The Bertz CT molecular complexity index is 512. The highest BCUT2D eigenvalue weighted by Crippen LogP contribution is 2.31. The lowest BCUT2D eigenvalue weighted by Gasteiger charge is -2.11. The van der Waals surface area contributed by atoms with Crippen molar-refractivity contribution in [1.82, 2.24) is 4.72 Å². The summed E-state index contributed by atoms with van der Waals surface area (Å²) in [4.78, 5) is 0.0536. The van der Waals surface area contributed by atoms with Gasteiger partial charge < -0.3 is 10.8 Å². The smallest absolute Gasteiger partial charge is 0.243 e. The predicted molar refractivity (Wildman–Crippen MR) is 82.4 cm³/mol. The van der Waals surface area contributed by atoms with E-state index < -0.39 is 10.0 Å². The van der Waals surface area contributed by atoms with Crippen LogP contribution in [0.4, 0.5) is 5.69 Å². The molecule has 4 N–H and O–H groups in total. The number of hydrogen-bond acceptors (Lipinski definition) is 4. The summed E-state index contributed by atoms with van der Waals surface area (Å²) in [5, 5.41) is 8.64. The van der Waals surface area contributed by atoms with Gasteiger partial charge >= 0.3 is 0 Å². The molecule has 0 radical (unpaired) electrons. The van der Waals surface area contributed by atoms with E-state index in [2.05, 4.69) is 36.6 Å². The summed E-state index contributed by atoms with van der Waals surface area (Å²) in [6.07, 6.45) is 2.12. The zero-order valence-electron chi connectivity index (χ0n) is 10.2. The Morgan fingerprint density at radius 2 is 1.89 bits per heavy atom. The number of nitrogen functional groups attached to an aromatic ring is 1. The highest BCUT2D eigenvalue weighted by atomic mass is 79.9. The van der Waals surface area contributed by atoms with Crippen LogP contribution in [0.25, 0.3) is 0 Å². The van der Waals surface area contributed by atoms with Crippen LogP contribution in [0.1, 0.15) is 19.3 Å². The monoisotopic (exact) mass is 414 g/mol. The first-order valence-corrected chi connectivity index (χ1v) is 8.80. The Labute approximate surface area is 129 Å². The van der Waals surface area contributed by atoms with Crippen LogP contribution >= 0.6 is 31.9 Å². The number of anilines is 1. The average Bonchev–Trinajstić information content (AvgIpc) is 2.26. The predicted octanol–water partition coefficient (Wildman–Crippen LogP) is 2.23. The number of aliphatic hydroxyl groups excluding tert-OH is 1. The topological polar surface area (TPSA) is 92.4 Å². The molecular formula is C11H16Br2N2O3S. The summed E-state index contributed by atoms with van der Waals surface area (Å²) in [7, 11) is -3.63. The molecule has 0 unspecified atom stereocenters. The van der Waals surface area contributed by atoms with E-state index in [1.54, 1.807) is 12.1 Å². The Hall–Kier alpha value is -0.150. The van der Waals surface area contributed by atoms with E-state index in [1.807, 2.05) is 0 Å². The number of benzene rings is 1. The maximum Gasteiger partial charge on any atom is 0.243 e. The van der Waals surface area contributed by atoms with E-state index in [0.29, 0.717) is 28.3 Å². The maximum atomic E-state index is 12.1. The molecule has 1 aromatic carbocycles.